The second-order valence-electron chi connectivity index (χ2n) is 6.63. The lowest BCUT2D eigenvalue weighted by molar-refractivity contribution is -0.172. The van der Waals surface area contributed by atoms with Gasteiger partial charge in [-0.25, -0.2) is 0 Å². The summed E-state index contributed by atoms with van der Waals surface area (Å²) < 4.78 is 22.8. The summed E-state index contributed by atoms with van der Waals surface area (Å²) in [5.41, 5.74) is 2.20. The summed E-state index contributed by atoms with van der Waals surface area (Å²) in [5, 5.41) is 0. The highest BCUT2D eigenvalue weighted by molar-refractivity contribution is 5.44. The van der Waals surface area contributed by atoms with Crippen LogP contribution in [0.1, 0.15) is 31.7 Å². The summed E-state index contributed by atoms with van der Waals surface area (Å²) in [4.78, 5) is 2.33. The molecule has 1 fully saturated rings. The average Bonchev–Trinajstić information content (AvgIpc) is 3.09. The molecule has 1 aromatic carbocycles. The third-order valence-electron chi connectivity index (χ3n) is 4.54. The molecule has 0 aromatic heterocycles. The zero-order chi connectivity index (χ0) is 18.3. The molecular weight excluding hydrogens is 318 g/mol. The minimum Gasteiger partial charge on any atom is -0.493 e. The largest absolute Gasteiger partial charge is 0.493 e. The van der Waals surface area contributed by atoms with Crippen LogP contribution in [0.2, 0.25) is 0 Å². The summed E-state index contributed by atoms with van der Waals surface area (Å²) in [5.74, 6) is 0.713. The Morgan fingerprint density at radius 3 is 2.44 bits per heavy atom. The van der Waals surface area contributed by atoms with Crippen molar-refractivity contribution < 1.29 is 18.9 Å². The van der Waals surface area contributed by atoms with Crippen LogP contribution in [-0.2, 0) is 15.3 Å². The van der Waals surface area contributed by atoms with E-state index in [2.05, 4.69) is 25.5 Å². The molecule has 0 amide bonds. The quantitative estimate of drug-likeness (QED) is 0.604. The maximum Gasteiger partial charge on any atom is 0.195 e. The molecule has 1 aliphatic heterocycles. The van der Waals surface area contributed by atoms with E-state index in [0.717, 1.165) is 37.9 Å². The predicted octanol–water partition coefficient (Wildman–Crippen LogP) is 3.58. The monoisotopic (exact) mass is 349 g/mol. The maximum atomic E-state index is 6.03. The highest BCUT2D eigenvalue weighted by atomic mass is 16.7. The summed E-state index contributed by atoms with van der Waals surface area (Å²) in [7, 11) is 5.42. The fourth-order valence-electron chi connectivity index (χ4n) is 3.06. The lowest BCUT2D eigenvalue weighted by Gasteiger charge is -2.29. The number of hydrogen-bond acceptors (Lipinski definition) is 5. The molecule has 25 heavy (non-hydrogen) atoms. The summed E-state index contributed by atoms with van der Waals surface area (Å²) >= 11 is 0. The first-order valence-corrected chi connectivity index (χ1v) is 8.84. The first-order chi connectivity index (χ1) is 12.0. The Kier molecular flexibility index (Phi) is 7.29. The van der Waals surface area contributed by atoms with Gasteiger partial charge >= 0.3 is 0 Å². The van der Waals surface area contributed by atoms with E-state index in [0.29, 0.717) is 24.7 Å². The summed E-state index contributed by atoms with van der Waals surface area (Å²) in [6, 6.07) is 5.85. The number of benzene rings is 1. The minimum absolute atomic E-state index is 0.611. The van der Waals surface area contributed by atoms with Gasteiger partial charge in [-0.2, -0.15) is 0 Å². The first-order valence-electron chi connectivity index (χ1n) is 8.84. The van der Waals surface area contributed by atoms with E-state index in [4.69, 9.17) is 18.9 Å². The van der Waals surface area contributed by atoms with Crippen LogP contribution in [0.25, 0.3) is 0 Å². The standard InChI is InChI=1S/C20H31NO4/c1-16(2)9-12-21(3)11-6-10-20(24-13-14-25-20)17-7-8-18(22-4)19(15-17)23-5/h7-8,15H,1,6,9-14H2,2-5H3. The Bertz CT molecular complexity index is 567. The van der Waals surface area contributed by atoms with E-state index < -0.39 is 5.79 Å². The summed E-state index contributed by atoms with van der Waals surface area (Å²) in [6.07, 6.45) is 2.82. The first kappa shape index (κ1) is 19.8. The van der Waals surface area contributed by atoms with E-state index in [1.54, 1.807) is 14.2 Å². The van der Waals surface area contributed by atoms with Gasteiger partial charge in [0.05, 0.1) is 27.4 Å². The van der Waals surface area contributed by atoms with Gasteiger partial charge in [0.1, 0.15) is 0 Å². The summed E-state index contributed by atoms with van der Waals surface area (Å²) in [6.45, 7) is 9.28. The molecular formula is C20H31NO4. The molecule has 0 atom stereocenters. The number of nitrogens with zero attached hydrogens (tertiary/aromatic N) is 1. The third kappa shape index (κ3) is 5.21. The van der Waals surface area contributed by atoms with Crippen molar-refractivity contribution in [3.63, 3.8) is 0 Å². The van der Waals surface area contributed by atoms with E-state index >= 15 is 0 Å². The molecule has 5 heteroatoms. The molecule has 0 spiro atoms. The molecule has 1 saturated heterocycles. The molecule has 5 nitrogen and oxygen atoms in total. The second kappa shape index (κ2) is 9.22. The Morgan fingerprint density at radius 2 is 1.84 bits per heavy atom. The van der Waals surface area contributed by atoms with E-state index in [1.165, 1.54) is 5.57 Å². The molecule has 0 saturated carbocycles. The van der Waals surface area contributed by atoms with Crippen LogP contribution in [0.15, 0.2) is 30.4 Å². The van der Waals surface area contributed by atoms with E-state index in [9.17, 15) is 0 Å². The zero-order valence-corrected chi connectivity index (χ0v) is 16.0. The van der Waals surface area contributed by atoms with Gasteiger partial charge in [0.2, 0.25) is 0 Å². The Hall–Kier alpha value is -1.56. The smallest absolute Gasteiger partial charge is 0.195 e. The topological polar surface area (TPSA) is 40.2 Å². The number of ether oxygens (including phenoxy) is 4. The number of methoxy groups -OCH3 is 2. The lowest BCUT2D eigenvalue weighted by atomic mass is 9.99. The normalized spacial score (nSPS) is 16.2. The van der Waals surface area contributed by atoms with Gasteiger partial charge in [0.25, 0.3) is 0 Å². The van der Waals surface area contributed by atoms with Gasteiger partial charge in [-0.05, 0) is 51.6 Å². The van der Waals surface area contributed by atoms with Crippen LogP contribution in [0.5, 0.6) is 11.5 Å². The van der Waals surface area contributed by atoms with Crippen molar-refractivity contribution in [2.24, 2.45) is 0 Å². The van der Waals surface area contributed by atoms with E-state index in [1.807, 2.05) is 18.2 Å². The molecule has 0 N–H and O–H groups in total. The number of rotatable bonds is 10. The molecule has 0 bridgehead atoms. The lowest BCUT2D eigenvalue weighted by Crippen LogP contribution is -2.29. The molecule has 1 aliphatic rings. The van der Waals surface area contributed by atoms with Crippen LogP contribution in [0.3, 0.4) is 0 Å². The van der Waals surface area contributed by atoms with Gasteiger partial charge in [-0.3, -0.25) is 0 Å². The molecule has 0 unspecified atom stereocenters. The van der Waals surface area contributed by atoms with Crippen LogP contribution >= 0.6 is 0 Å². The Labute approximate surface area is 151 Å². The molecule has 1 aromatic rings. The highest BCUT2D eigenvalue weighted by Crippen LogP contribution is 2.39. The molecule has 140 valence electrons. The second-order valence-corrected chi connectivity index (χ2v) is 6.63. The van der Waals surface area contributed by atoms with Crippen molar-refractivity contribution >= 4 is 0 Å². The molecule has 1 heterocycles. The highest BCUT2D eigenvalue weighted by Gasteiger charge is 2.38. The fraction of sp³-hybridized carbons (Fsp3) is 0.600. The third-order valence-corrected chi connectivity index (χ3v) is 4.54. The van der Waals surface area contributed by atoms with Gasteiger partial charge in [0, 0.05) is 18.5 Å². The van der Waals surface area contributed by atoms with E-state index in [-0.39, 0.29) is 0 Å². The van der Waals surface area contributed by atoms with Gasteiger partial charge in [-0.15, -0.1) is 6.58 Å². The average molecular weight is 349 g/mol. The SMILES string of the molecule is C=C(C)CCN(C)CCCC1(c2ccc(OC)c(OC)c2)OCCO1. The predicted molar refractivity (Wildman–Crippen MR) is 99.3 cm³/mol. The van der Waals surface area contributed by atoms with Gasteiger partial charge in [0.15, 0.2) is 17.3 Å². The fourth-order valence-corrected chi connectivity index (χ4v) is 3.06. The van der Waals surface area contributed by atoms with Gasteiger partial charge in [-0.1, -0.05) is 5.57 Å². The van der Waals surface area contributed by atoms with Crippen molar-refractivity contribution in [2.45, 2.75) is 32.0 Å². The Balaban J connectivity index is 2.02. The van der Waals surface area contributed by atoms with Crippen molar-refractivity contribution in [2.75, 3.05) is 47.6 Å². The zero-order valence-electron chi connectivity index (χ0n) is 16.0. The molecule has 0 radical (unpaired) electrons. The molecule has 2 rings (SSSR count). The number of hydrogen-bond donors (Lipinski definition) is 0. The van der Waals surface area contributed by atoms with Crippen LogP contribution in [0.4, 0.5) is 0 Å². The van der Waals surface area contributed by atoms with Crippen molar-refractivity contribution in [3.05, 3.63) is 35.9 Å². The van der Waals surface area contributed by atoms with Crippen LogP contribution in [0, 0.1) is 0 Å². The van der Waals surface area contributed by atoms with Crippen molar-refractivity contribution in [1.82, 2.24) is 4.90 Å². The van der Waals surface area contributed by atoms with Crippen LogP contribution < -0.4 is 9.47 Å². The maximum absolute atomic E-state index is 6.03. The van der Waals surface area contributed by atoms with Crippen LogP contribution in [-0.4, -0.2) is 52.5 Å². The van der Waals surface area contributed by atoms with Crippen molar-refractivity contribution in [3.8, 4) is 11.5 Å². The Morgan fingerprint density at radius 1 is 1.16 bits per heavy atom. The molecule has 0 aliphatic carbocycles. The van der Waals surface area contributed by atoms with Crippen molar-refractivity contribution in [1.29, 1.82) is 0 Å². The van der Waals surface area contributed by atoms with Gasteiger partial charge < -0.3 is 23.8 Å². The minimum atomic E-state index is -0.686.